The lowest BCUT2D eigenvalue weighted by atomic mass is 10.1. The first-order valence-corrected chi connectivity index (χ1v) is 7.12. The first-order valence-electron chi connectivity index (χ1n) is 7.12. The lowest BCUT2D eigenvalue weighted by molar-refractivity contribution is 0.491. The molecule has 0 spiro atoms. The molecule has 1 aromatic heterocycles. The number of rotatable bonds is 7. The van der Waals surface area contributed by atoms with Gasteiger partial charge < -0.3 is 9.73 Å². The number of hydrogen-bond donors (Lipinski definition) is 1. The van der Waals surface area contributed by atoms with Crippen molar-refractivity contribution in [3.05, 3.63) is 41.7 Å². The van der Waals surface area contributed by atoms with Crippen molar-refractivity contribution in [3.63, 3.8) is 0 Å². The van der Waals surface area contributed by atoms with Crippen LogP contribution in [0.25, 0.3) is 11.3 Å². The van der Waals surface area contributed by atoms with Crippen LogP contribution in [0.3, 0.4) is 0 Å². The van der Waals surface area contributed by atoms with Crippen LogP contribution in [-0.4, -0.2) is 18.1 Å². The fourth-order valence-electron chi connectivity index (χ4n) is 2.12. The van der Waals surface area contributed by atoms with E-state index in [4.69, 9.17) is 4.42 Å². The highest BCUT2D eigenvalue weighted by Gasteiger charge is 2.09. The first kappa shape index (κ1) is 14.7. The zero-order valence-corrected chi connectivity index (χ0v) is 12.1. The zero-order valence-electron chi connectivity index (χ0n) is 12.1. The molecule has 2 rings (SSSR count). The minimum absolute atomic E-state index is 0.229. The molecule has 0 unspecified atom stereocenters. The molecule has 0 bridgehead atoms. The highest BCUT2D eigenvalue weighted by molar-refractivity contribution is 5.60. The minimum Gasteiger partial charge on any atom is -0.441 e. The summed E-state index contributed by atoms with van der Waals surface area (Å²) in [5.74, 6) is 1.22. The van der Waals surface area contributed by atoms with Gasteiger partial charge in [-0.3, -0.25) is 0 Å². The molecule has 20 heavy (non-hydrogen) atoms. The quantitative estimate of drug-likeness (QED) is 0.783. The third-order valence-electron chi connectivity index (χ3n) is 3.18. The maximum absolute atomic E-state index is 13.1. The smallest absolute Gasteiger partial charge is 0.194 e. The van der Waals surface area contributed by atoms with Crippen molar-refractivity contribution in [2.24, 2.45) is 0 Å². The molecule has 3 nitrogen and oxygen atoms in total. The summed E-state index contributed by atoms with van der Waals surface area (Å²) in [5.41, 5.74) is 1.76. The third kappa shape index (κ3) is 3.90. The lowest BCUT2D eigenvalue weighted by Gasteiger charge is -2.02. The van der Waals surface area contributed by atoms with Crippen molar-refractivity contribution in [3.8, 4) is 11.3 Å². The molecule has 0 aliphatic rings. The van der Waals surface area contributed by atoms with Gasteiger partial charge in [0.25, 0.3) is 0 Å². The summed E-state index contributed by atoms with van der Waals surface area (Å²) < 4.78 is 18.8. The van der Waals surface area contributed by atoms with Crippen LogP contribution in [0, 0.1) is 12.7 Å². The summed E-state index contributed by atoms with van der Waals surface area (Å²) in [5, 5.41) is 3.35. The molecule has 0 amide bonds. The second-order valence-corrected chi connectivity index (χ2v) is 4.93. The van der Waals surface area contributed by atoms with Gasteiger partial charge in [-0.25, -0.2) is 9.37 Å². The van der Waals surface area contributed by atoms with Gasteiger partial charge in [-0.1, -0.05) is 6.92 Å². The molecule has 0 aliphatic carbocycles. The molecular formula is C16H21FN2O. The zero-order chi connectivity index (χ0) is 14.4. The summed E-state index contributed by atoms with van der Waals surface area (Å²) >= 11 is 0. The van der Waals surface area contributed by atoms with E-state index in [9.17, 15) is 4.39 Å². The highest BCUT2D eigenvalue weighted by atomic mass is 19.1. The van der Waals surface area contributed by atoms with Crippen LogP contribution >= 0.6 is 0 Å². The fourth-order valence-corrected chi connectivity index (χ4v) is 2.12. The second kappa shape index (κ2) is 7.20. The molecule has 4 heteroatoms. The molecule has 1 N–H and O–H groups in total. The molecular weight excluding hydrogens is 255 g/mol. The van der Waals surface area contributed by atoms with E-state index in [1.807, 2.05) is 6.92 Å². The number of nitrogens with zero attached hydrogens (tertiary/aromatic N) is 1. The molecule has 1 heterocycles. The average molecular weight is 276 g/mol. The van der Waals surface area contributed by atoms with Gasteiger partial charge in [0.15, 0.2) is 11.7 Å². The van der Waals surface area contributed by atoms with Crippen LogP contribution in [0.1, 0.15) is 31.2 Å². The van der Waals surface area contributed by atoms with Crippen LogP contribution in [0.2, 0.25) is 0 Å². The van der Waals surface area contributed by atoms with Crippen molar-refractivity contribution in [1.82, 2.24) is 10.3 Å². The second-order valence-electron chi connectivity index (χ2n) is 4.93. The molecule has 0 aliphatic heterocycles. The Morgan fingerprint density at radius 2 is 2.15 bits per heavy atom. The van der Waals surface area contributed by atoms with Crippen molar-refractivity contribution >= 4 is 0 Å². The number of benzene rings is 1. The number of aromatic nitrogens is 1. The Kier molecular flexibility index (Phi) is 5.30. The SMILES string of the molecule is CCCNCCCc1ncc(-c2ccc(F)cc2C)o1. The molecule has 0 atom stereocenters. The highest BCUT2D eigenvalue weighted by Crippen LogP contribution is 2.25. The number of aryl methyl sites for hydroxylation is 2. The van der Waals surface area contributed by atoms with E-state index in [-0.39, 0.29) is 5.82 Å². The van der Waals surface area contributed by atoms with Gasteiger partial charge in [0.2, 0.25) is 0 Å². The van der Waals surface area contributed by atoms with E-state index in [0.717, 1.165) is 49.4 Å². The predicted octanol–water partition coefficient (Wildman–Crippen LogP) is 3.72. The van der Waals surface area contributed by atoms with Gasteiger partial charge in [-0.05, 0) is 56.6 Å². The van der Waals surface area contributed by atoms with Crippen LogP contribution in [0.15, 0.2) is 28.8 Å². The van der Waals surface area contributed by atoms with Gasteiger partial charge in [-0.15, -0.1) is 0 Å². The first-order chi connectivity index (χ1) is 9.70. The Balaban J connectivity index is 1.95. The Labute approximate surface area is 119 Å². The van der Waals surface area contributed by atoms with Crippen LogP contribution in [0.5, 0.6) is 0 Å². The molecule has 108 valence electrons. The Hall–Kier alpha value is -1.68. The van der Waals surface area contributed by atoms with E-state index in [1.165, 1.54) is 12.1 Å². The molecule has 0 radical (unpaired) electrons. The van der Waals surface area contributed by atoms with Gasteiger partial charge >= 0.3 is 0 Å². The van der Waals surface area contributed by atoms with E-state index >= 15 is 0 Å². The van der Waals surface area contributed by atoms with Gasteiger partial charge in [0.05, 0.1) is 6.20 Å². The van der Waals surface area contributed by atoms with E-state index in [0.29, 0.717) is 5.76 Å². The predicted molar refractivity (Wildman–Crippen MR) is 78.1 cm³/mol. The summed E-state index contributed by atoms with van der Waals surface area (Å²) in [6.07, 6.45) is 4.68. The third-order valence-corrected chi connectivity index (χ3v) is 3.18. The lowest BCUT2D eigenvalue weighted by Crippen LogP contribution is -2.16. The topological polar surface area (TPSA) is 38.1 Å². The van der Waals surface area contributed by atoms with Crippen LogP contribution in [-0.2, 0) is 6.42 Å². The van der Waals surface area contributed by atoms with Crippen LogP contribution in [0.4, 0.5) is 4.39 Å². The summed E-state index contributed by atoms with van der Waals surface area (Å²) in [7, 11) is 0. The maximum atomic E-state index is 13.1. The standard InChI is InChI=1S/C16H21FN2O/c1-3-8-18-9-4-5-16-19-11-15(20-16)14-7-6-13(17)10-12(14)2/h6-7,10-11,18H,3-5,8-9H2,1-2H3. The molecule has 0 saturated carbocycles. The van der Waals surface area contributed by atoms with Crippen molar-refractivity contribution in [2.45, 2.75) is 33.1 Å². The Bertz CT molecular complexity index is 551. The monoisotopic (exact) mass is 276 g/mol. The Morgan fingerprint density at radius 1 is 1.30 bits per heavy atom. The van der Waals surface area contributed by atoms with Gasteiger partial charge in [0, 0.05) is 12.0 Å². The molecule has 2 aromatic rings. The summed E-state index contributed by atoms with van der Waals surface area (Å²) in [4.78, 5) is 4.29. The average Bonchev–Trinajstić information content (AvgIpc) is 2.87. The molecule has 1 aromatic carbocycles. The number of nitrogens with one attached hydrogen (secondary N) is 1. The Morgan fingerprint density at radius 3 is 2.90 bits per heavy atom. The normalized spacial score (nSPS) is 10.9. The summed E-state index contributed by atoms with van der Waals surface area (Å²) in [6, 6.07) is 4.68. The molecule has 0 saturated heterocycles. The van der Waals surface area contributed by atoms with Crippen molar-refractivity contribution in [2.75, 3.05) is 13.1 Å². The minimum atomic E-state index is -0.229. The van der Waals surface area contributed by atoms with E-state index in [2.05, 4.69) is 17.2 Å². The van der Waals surface area contributed by atoms with E-state index in [1.54, 1.807) is 12.3 Å². The van der Waals surface area contributed by atoms with Gasteiger partial charge in [-0.2, -0.15) is 0 Å². The molecule has 0 fully saturated rings. The summed E-state index contributed by atoms with van der Waals surface area (Å²) in [6.45, 7) is 6.04. The van der Waals surface area contributed by atoms with Crippen LogP contribution < -0.4 is 5.32 Å². The van der Waals surface area contributed by atoms with E-state index < -0.39 is 0 Å². The number of oxazole rings is 1. The van der Waals surface area contributed by atoms with Crippen molar-refractivity contribution < 1.29 is 8.81 Å². The fraction of sp³-hybridized carbons (Fsp3) is 0.438. The van der Waals surface area contributed by atoms with Crippen molar-refractivity contribution in [1.29, 1.82) is 0 Å². The van der Waals surface area contributed by atoms with Gasteiger partial charge in [0.1, 0.15) is 5.82 Å². The number of hydrogen-bond acceptors (Lipinski definition) is 3. The maximum Gasteiger partial charge on any atom is 0.194 e. The number of halogens is 1. The largest absolute Gasteiger partial charge is 0.441 e.